The SMILES string of the molecule is C=CCN1C(=S)N=NC1c1ccccc1C. The Balaban J connectivity index is 2.34. The molecule has 0 saturated carbocycles. The van der Waals surface area contributed by atoms with Crippen molar-refractivity contribution >= 4 is 17.3 Å². The van der Waals surface area contributed by atoms with Crippen molar-refractivity contribution in [1.82, 2.24) is 4.90 Å². The lowest BCUT2D eigenvalue weighted by Gasteiger charge is -2.22. The van der Waals surface area contributed by atoms with Crippen molar-refractivity contribution in [3.63, 3.8) is 0 Å². The van der Waals surface area contributed by atoms with E-state index in [1.54, 1.807) is 0 Å². The molecule has 1 aliphatic rings. The number of benzene rings is 1. The molecule has 0 saturated heterocycles. The zero-order chi connectivity index (χ0) is 11.5. The minimum atomic E-state index is -0.0910. The topological polar surface area (TPSA) is 28.0 Å². The van der Waals surface area contributed by atoms with Crippen LogP contribution in [0.5, 0.6) is 0 Å². The average molecular weight is 231 g/mol. The van der Waals surface area contributed by atoms with E-state index >= 15 is 0 Å². The maximum absolute atomic E-state index is 5.14. The molecule has 0 N–H and O–H groups in total. The second-order valence-corrected chi connectivity index (χ2v) is 4.03. The zero-order valence-electron chi connectivity index (χ0n) is 9.13. The molecular weight excluding hydrogens is 218 g/mol. The fraction of sp³-hybridized carbons (Fsp3) is 0.250. The first-order valence-corrected chi connectivity index (χ1v) is 5.52. The van der Waals surface area contributed by atoms with Gasteiger partial charge in [0.05, 0.1) is 0 Å². The van der Waals surface area contributed by atoms with E-state index < -0.39 is 0 Å². The third-order valence-electron chi connectivity index (χ3n) is 2.59. The molecular formula is C12H13N3S. The Hall–Kier alpha value is -1.55. The first-order valence-electron chi connectivity index (χ1n) is 5.12. The molecule has 0 spiro atoms. The van der Waals surface area contributed by atoms with Crippen LogP contribution in [0.15, 0.2) is 47.1 Å². The van der Waals surface area contributed by atoms with Gasteiger partial charge in [-0.25, -0.2) is 0 Å². The molecule has 1 aromatic rings. The van der Waals surface area contributed by atoms with E-state index in [4.69, 9.17) is 12.2 Å². The Morgan fingerprint density at radius 2 is 2.25 bits per heavy atom. The van der Waals surface area contributed by atoms with E-state index in [0.29, 0.717) is 11.7 Å². The Morgan fingerprint density at radius 3 is 2.94 bits per heavy atom. The molecule has 82 valence electrons. The molecule has 0 amide bonds. The lowest BCUT2D eigenvalue weighted by molar-refractivity contribution is 0.379. The number of nitrogens with zero attached hydrogens (tertiary/aromatic N) is 3. The minimum Gasteiger partial charge on any atom is -0.315 e. The Kier molecular flexibility index (Phi) is 3.10. The van der Waals surface area contributed by atoms with Crippen LogP contribution in [0.3, 0.4) is 0 Å². The molecule has 0 bridgehead atoms. The van der Waals surface area contributed by atoms with Gasteiger partial charge in [0.25, 0.3) is 0 Å². The Bertz CT molecular complexity index is 453. The van der Waals surface area contributed by atoms with Gasteiger partial charge in [-0.1, -0.05) is 30.3 Å². The van der Waals surface area contributed by atoms with Crippen LogP contribution in [0.4, 0.5) is 0 Å². The number of aryl methyl sites for hydroxylation is 1. The summed E-state index contributed by atoms with van der Waals surface area (Å²) in [5.41, 5.74) is 2.35. The highest BCUT2D eigenvalue weighted by molar-refractivity contribution is 7.80. The highest BCUT2D eigenvalue weighted by Crippen LogP contribution is 2.30. The van der Waals surface area contributed by atoms with E-state index in [1.807, 2.05) is 23.1 Å². The molecule has 0 fully saturated rings. The fourth-order valence-electron chi connectivity index (χ4n) is 1.75. The largest absolute Gasteiger partial charge is 0.315 e. The number of rotatable bonds is 3. The Labute approximate surface area is 100 Å². The van der Waals surface area contributed by atoms with Gasteiger partial charge < -0.3 is 4.90 Å². The normalized spacial score (nSPS) is 19.2. The number of hydrogen-bond acceptors (Lipinski definition) is 2. The first-order chi connectivity index (χ1) is 7.74. The van der Waals surface area contributed by atoms with E-state index in [1.165, 1.54) is 5.56 Å². The van der Waals surface area contributed by atoms with Gasteiger partial charge in [-0.2, -0.15) is 5.11 Å². The van der Waals surface area contributed by atoms with Crippen molar-refractivity contribution in [2.75, 3.05) is 6.54 Å². The molecule has 0 aliphatic carbocycles. The van der Waals surface area contributed by atoms with Crippen LogP contribution < -0.4 is 0 Å². The molecule has 3 nitrogen and oxygen atoms in total. The van der Waals surface area contributed by atoms with Crippen molar-refractivity contribution in [2.24, 2.45) is 10.2 Å². The summed E-state index contributed by atoms with van der Waals surface area (Å²) in [6.45, 7) is 6.46. The quantitative estimate of drug-likeness (QED) is 0.590. The average Bonchev–Trinajstić information content (AvgIpc) is 2.62. The summed E-state index contributed by atoms with van der Waals surface area (Å²) in [5.74, 6) is 0. The molecule has 4 heteroatoms. The van der Waals surface area contributed by atoms with Crippen LogP contribution in [0.1, 0.15) is 17.3 Å². The Morgan fingerprint density at radius 1 is 1.50 bits per heavy atom. The molecule has 1 unspecified atom stereocenters. The van der Waals surface area contributed by atoms with Crippen molar-refractivity contribution in [3.05, 3.63) is 48.0 Å². The summed E-state index contributed by atoms with van der Waals surface area (Å²) in [6.07, 6.45) is 1.72. The first kappa shape index (κ1) is 11.0. The third kappa shape index (κ3) is 1.88. The molecule has 2 rings (SSSR count). The van der Waals surface area contributed by atoms with Crippen molar-refractivity contribution in [2.45, 2.75) is 13.1 Å². The lowest BCUT2D eigenvalue weighted by atomic mass is 10.1. The highest BCUT2D eigenvalue weighted by atomic mass is 32.1. The van der Waals surface area contributed by atoms with Crippen molar-refractivity contribution in [1.29, 1.82) is 0 Å². The van der Waals surface area contributed by atoms with E-state index in [-0.39, 0.29) is 6.17 Å². The molecule has 1 heterocycles. The molecule has 1 aromatic carbocycles. The van der Waals surface area contributed by atoms with Crippen LogP contribution in [-0.2, 0) is 0 Å². The van der Waals surface area contributed by atoms with Gasteiger partial charge in [0, 0.05) is 12.1 Å². The maximum Gasteiger partial charge on any atom is 0.218 e. The van der Waals surface area contributed by atoms with Gasteiger partial charge in [0.2, 0.25) is 5.11 Å². The van der Waals surface area contributed by atoms with Gasteiger partial charge in [-0.3, -0.25) is 0 Å². The van der Waals surface area contributed by atoms with E-state index in [9.17, 15) is 0 Å². The minimum absolute atomic E-state index is 0.0910. The highest BCUT2D eigenvalue weighted by Gasteiger charge is 2.27. The molecule has 0 aromatic heterocycles. The van der Waals surface area contributed by atoms with Gasteiger partial charge in [0.1, 0.15) is 0 Å². The zero-order valence-corrected chi connectivity index (χ0v) is 9.94. The summed E-state index contributed by atoms with van der Waals surface area (Å²) in [4.78, 5) is 1.96. The third-order valence-corrected chi connectivity index (χ3v) is 2.90. The predicted octanol–water partition coefficient (Wildman–Crippen LogP) is 3.23. The lowest BCUT2D eigenvalue weighted by Crippen LogP contribution is -2.27. The van der Waals surface area contributed by atoms with Crippen LogP contribution >= 0.6 is 12.2 Å². The van der Waals surface area contributed by atoms with Crippen LogP contribution in [0.2, 0.25) is 0 Å². The van der Waals surface area contributed by atoms with Gasteiger partial charge in [0.15, 0.2) is 6.17 Å². The number of azo groups is 1. The molecule has 16 heavy (non-hydrogen) atoms. The smallest absolute Gasteiger partial charge is 0.218 e. The fourth-order valence-corrected chi connectivity index (χ4v) is 1.97. The molecule has 1 aliphatic heterocycles. The van der Waals surface area contributed by atoms with Crippen LogP contribution in [0.25, 0.3) is 0 Å². The number of thiocarbonyl (C=S) groups is 1. The predicted molar refractivity (Wildman–Crippen MR) is 68.3 cm³/mol. The van der Waals surface area contributed by atoms with E-state index in [2.05, 4.69) is 35.9 Å². The summed E-state index contributed by atoms with van der Waals surface area (Å²) in [6, 6.07) is 8.15. The standard InChI is InChI=1S/C12H13N3S/c1-3-8-15-11(13-14-12(15)16)10-7-5-4-6-9(10)2/h3-7,11H,1,8H2,2H3. The summed E-state index contributed by atoms with van der Waals surface area (Å²) in [7, 11) is 0. The second kappa shape index (κ2) is 4.53. The molecule has 1 atom stereocenters. The van der Waals surface area contributed by atoms with Gasteiger partial charge in [-0.05, 0) is 24.7 Å². The summed E-state index contributed by atoms with van der Waals surface area (Å²) < 4.78 is 0. The number of hydrogen-bond donors (Lipinski definition) is 0. The van der Waals surface area contributed by atoms with E-state index in [0.717, 1.165) is 5.56 Å². The maximum atomic E-state index is 5.14. The van der Waals surface area contributed by atoms with Crippen LogP contribution in [-0.4, -0.2) is 16.6 Å². The van der Waals surface area contributed by atoms with Gasteiger partial charge in [-0.15, -0.1) is 11.7 Å². The monoisotopic (exact) mass is 231 g/mol. The second-order valence-electron chi connectivity index (χ2n) is 3.67. The molecule has 0 radical (unpaired) electrons. The van der Waals surface area contributed by atoms with Crippen molar-refractivity contribution < 1.29 is 0 Å². The summed E-state index contributed by atoms with van der Waals surface area (Å²) >= 11 is 5.14. The van der Waals surface area contributed by atoms with Crippen LogP contribution in [0, 0.1) is 6.92 Å². The van der Waals surface area contributed by atoms with Gasteiger partial charge >= 0.3 is 0 Å². The summed E-state index contributed by atoms with van der Waals surface area (Å²) in [5, 5.41) is 8.71. The van der Waals surface area contributed by atoms with Crippen molar-refractivity contribution in [3.8, 4) is 0 Å².